The van der Waals surface area contributed by atoms with Crippen LogP contribution in [0.2, 0.25) is 12.1 Å². The van der Waals surface area contributed by atoms with Crippen molar-refractivity contribution >= 4 is 9.52 Å². The first-order valence-corrected chi connectivity index (χ1v) is 16.1. The van der Waals surface area contributed by atoms with E-state index in [-0.39, 0.29) is 0 Å². The van der Waals surface area contributed by atoms with Crippen LogP contribution in [-0.4, -0.2) is 9.52 Å². The van der Waals surface area contributed by atoms with Crippen molar-refractivity contribution in [2.75, 3.05) is 0 Å². The predicted molar refractivity (Wildman–Crippen MR) is 151 cm³/mol. The highest BCUT2D eigenvalue weighted by Gasteiger charge is 2.33. The summed E-state index contributed by atoms with van der Waals surface area (Å²) >= 11 is 0. The predicted octanol–water partition coefficient (Wildman–Crippen LogP) is 10.4. The van der Waals surface area contributed by atoms with Gasteiger partial charge in [0.15, 0.2) is 0 Å². The van der Waals surface area contributed by atoms with E-state index in [4.69, 9.17) is 0 Å². The molecule has 2 radical (unpaired) electrons. The molecule has 1 heteroatoms. The number of rotatable bonds is 11. The fraction of sp³-hybridized carbons (Fsp3) is 0.636. The fourth-order valence-corrected chi connectivity index (χ4v) is 8.29. The summed E-state index contributed by atoms with van der Waals surface area (Å²) in [7, 11) is 1.19. The number of hydrogen-bond donors (Lipinski definition) is 0. The first-order chi connectivity index (χ1) is 16.7. The molecule has 0 aromatic heterocycles. The maximum absolute atomic E-state index is 2.48. The molecule has 1 aliphatic heterocycles. The molecular formula is C33H48Si. The van der Waals surface area contributed by atoms with Crippen molar-refractivity contribution in [3.05, 3.63) is 59.7 Å². The summed E-state index contributed by atoms with van der Waals surface area (Å²) in [6.45, 7) is 4.64. The van der Waals surface area contributed by atoms with Gasteiger partial charge in [-0.3, -0.25) is 0 Å². The van der Waals surface area contributed by atoms with Gasteiger partial charge in [-0.1, -0.05) is 119 Å². The van der Waals surface area contributed by atoms with Crippen molar-refractivity contribution in [1.82, 2.24) is 0 Å². The molecule has 2 aliphatic rings. The lowest BCUT2D eigenvalue weighted by atomic mass is 9.71. The van der Waals surface area contributed by atoms with E-state index < -0.39 is 0 Å². The van der Waals surface area contributed by atoms with E-state index in [0.717, 1.165) is 11.8 Å². The molecule has 0 spiro atoms. The molecule has 1 saturated carbocycles. The quantitative estimate of drug-likeness (QED) is 0.225. The molecule has 2 aromatic rings. The van der Waals surface area contributed by atoms with Crippen LogP contribution in [0.4, 0.5) is 0 Å². The molecule has 1 heterocycles. The summed E-state index contributed by atoms with van der Waals surface area (Å²) < 4.78 is 0. The third-order valence-electron chi connectivity index (χ3n) is 9.09. The van der Waals surface area contributed by atoms with Crippen LogP contribution in [0.25, 0.3) is 11.1 Å². The summed E-state index contributed by atoms with van der Waals surface area (Å²) in [6, 6.07) is 22.3. The van der Waals surface area contributed by atoms with Crippen LogP contribution in [0.15, 0.2) is 48.5 Å². The Bertz CT molecular complexity index is 820. The highest BCUT2D eigenvalue weighted by molar-refractivity contribution is 6.35. The van der Waals surface area contributed by atoms with Crippen LogP contribution < -0.4 is 0 Å². The third-order valence-corrected chi connectivity index (χ3v) is 10.3. The standard InChI is InChI=1S/C33H48Si/c1-3-5-7-9-27-10-12-28(13-11-27)29-14-16-30(17-15-29)31-18-20-32(21-19-31)33(22-8-6-4-2)23-25-34-26-24-33/h14-21,27-28H,3-13,22-26H2,1-2H3. The summed E-state index contributed by atoms with van der Waals surface area (Å²) in [5, 5.41) is 0. The molecule has 1 saturated heterocycles. The molecule has 0 atom stereocenters. The van der Waals surface area contributed by atoms with Gasteiger partial charge in [-0.25, -0.2) is 0 Å². The highest BCUT2D eigenvalue weighted by atomic mass is 28.2. The summed E-state index contributed by atoms with van der Waals surface area (Å²) in [5.41, 5.74) is 6.41. The van der Waals surface area contributed by atoms with Gasteiger partial charge in [0.25, 0.3) is 0 Å². The van der Waals surface area contributed by atoms with Crippen LogP contribution in [0.1, 0.15) is 121 Å². The van der Waals surface area contributed by atoms with Gasteiger partial charge in [-0.05, 0) is 84.5 Å². The van der Waals surface area contributed by atoms with Crippen molar-refractivity contribution in [1.29, 1.82) is 0 Å². The zero-order valence-corrected chi connectivity index (χ0v) is 23.1. The molecular weight excluding hydrogens is 424 g/mol. The van der Waals surface area contributed by atoms with Crippen molar-refractivity contribution < 1.29 is 0 Å². The normalized spacial score (nSPS) is 22.5. The average Bonchev–Trinajstić information content (AvgIpc) is 2.90. The molecule has 0 bridgehead atoms. The minimum atomic E-state index is 0.457. The average molecular weight is 473 g/mol. The van der Waals surface area contributed by atoms with Crippen molar-refractivity contribution in [3.63, 3.8) is 0 Å². The molecule has 4 rings (SSSR count). The smallest absolute Gasteiger partial charge is 0.0378 e. The Kier molecular flexibility index (Phi) is 9.92. The molecule has 0 amide bonds. The van der Waals surface area contributed by atoms with Crippen LogP contribution in [0.5, 0.6) is 0 Å². The van der Waals surface area contributed by atoms with Crippen LogP contribution in [0, 0.1) is 5.92 Å². The van der Waals surface area contributed by atoms with Gasteiger partial charge in [0, 0.05) is 9.52 Å². The van der Waals surface area contributed by atoms with E-state index >= 15 is 0 Å². The van der Waals surface area contributed by atoms with Gasteiger partial charge in [-0.2, -0.15) is 0 Å². The Morgan fingerprint density at radius 1 is 0.706 bits per heavy atom. The molecule has 2 fully saturated rings. The lowest BCUT2D eigenvalue weighted by Gasteiger charge is -2.38. The largest absolute Gasteiger partial charge is 0.0654 e. The summed E-state index contributed by atoms with van der Waals surface area (Å²) in [5.74, 6) is 1.78. The molecule has 0 nitrogen and oxygen atoms in total. The van der Waals surface area contributed by atoms with Gasteiger partial charge in [0.1, 0.15) is 0 Å². The van der Waals surface area contributed by atoms with Crippen molar-refractivity contribution in [3.8, 4) is 11.1 Å². The zero-order valence-electron chi connectivity index (χ0n) is 22.1. The lowest BCUT2D eigenvalue weighted by Crippen LogP contribution is -2.30. The van der Waals surface area contributed by atoms with Gasteiger partial charge in [-0.15, -0.1) is 0 Å². The van der Waals surface area contributed by atoms with Crippen LogP contribution in [0.3, 0.4) is 0 Å². The molecule has 1 aliphatic carbocycles. The Morgan fingerprint density at radius 3 is 1.91 bits per heavy atom. The summed E-state index contributed by atoms with van der Waals surface area (Å²) in [6.07, 6.45) is 19.7. The van der Waals surface area contributed by atoms with E-state index in [2.05, 4.69) is 62.4 Å². The molecule has 34 heavy (non-hydrogen) atoms. The fourth-order valence-electron chi connectivity index (χ4n) is 6.73. The van der Waals surface area contributed by atoms with Gasteiger partial charge in [0.2, 0.25) is 0 Å². The Balaban J connectivity index is 1.37. The number of hydrogen-bond acceptors (Lipinski definition) is 0. The highest BCUT2D eigenvalue weighted by Crippen LogP contribution is 2.43. The van der Waals surface area contributed by atoms with E-state index in [0.29, 0.717) is 5.41 Å². The molecule has 2 aromatic carbocycles. The van der Waals surface area contributed by atoms with E-state index in [1.165, 1.54) is 123 Å². The Morgan fingerprint density at radius 2 is 1.29 bits per heavy atom. The monoisotopic (exact) mass is 472 g/mol. The zero-order chi connectivity index (χ0) is 23.6. The molecule has 0 unspecified atom stereocenters. The van der Waals surface area contributed by atoms with Gasteiger partial charge < -0.3 is 0 Å². The van der Waals surface area contributed by atoms with Crippen molar-refractivity contribution in [2.24, 2.45) is 5.92 Å². The first kappa shape index (κ1) is 25.7. The van der Waals surface area contributed by atoms with Crippen LogP contribution in [-0.2, 0) is 5.41 Å². The van der Waals surface area contributed by atoms with E-state index in [1.54, 1.807) is 11.1 Å². The molecule has 184 valence electrons. The Hall–Kier alpha value is -1.34. The lowest BCUT2D eigenvalue weighted by molar-refractivity contribution is 0.303. The third kappa shape index (κ3) is 6.65. The minimum absolute atomic E-state index is 0.457. The SMILES string of the molecule is CCCCCC1CCC(c2ccc(-c3ccc(C4(CCCCC)CC[Si]CC4)cc3)cc2)CC1. The minimum Gasteiger partial charge on any atom is -0.0654 e. The van der Waals surface area contributed by atoms with Crippen LogP contribution >= 0.6 is 0 Å². The maximum Gasteiger partial charge on any atom is 0.0378 e. The van der Waals surface area contributed by atoms with Gasteiger partial charge in [0.05, 0.1) is 0 Å². The number of benzene rings is 2. The Labute approximate surface area is 213 Å². The number of unbranched alkanes of at least 4 members (excludes halogenated alkanes) is 4. The topological polar surface area (TPSA) is 0 Å². The van der Waals surface area contributed by atoms with E-state index in [9.17, 15) is 0 Å². The second-order valence-electron chi connectivity index (χ2n) is 11.4. The molecule has 0 N–H and O–H groups in total. The first-order valence-electron chi connectivity index (χ1n) is 14.7. The van der Waals surface area contributed by atoms with Gasteiger partial charge >= 0.3 is 0 Å². The second-order valence-corrected chi connectivity index (χ2v) is 12.9. The summed E-state index contributed by atoms with van der Waals surface area (Å²) in [4.78, 5) is 0. The van der Waals surface area contributed by atoms with E-state index in [1.807, 2.05) is 0 Å². The van der Waals surface area contributed by atoms with Crippen molar-refractivity contribution in [2.45, 2.75) is 127 Å². The second kappa shape index (κ2) is 13.1. The maximum atomic E-state index is 2.48.